The maximum Gasteiger partial charge on any atom is 0.135 e. The van der Waals surface area contributed by atoms with E-state index in [4.69, 9.17) is 10.2 Å². The third-order valence-electron chi connectivity index (χ3n) is 10.9. The van der Waals surface area contributed by atoms with Crippen LogP contribution in [-0.2, 0) is 13.1 Å². The molecule has 0 amide bonds. The fourth-order valence-electron chi connectivity index (χ4n) is 8.16. The maximum absolute atomic E-state index is 6.18. The summed E-state index contributed by atoms with van der Waals surface area (Å²) in [5.74, 6) is 0.591. The molecule has 11 rings (SSSR count). The molecule has 0 aliphatic rings. The molecule has 0 saturated carbocycles. The van der Waals surface area contributed by atoms with Crippen molar-refractivity contribution in [1.82, 2.24) is 0 Å². The average Bonchev–Trinajstić information content (AvgIpc) is 3.84. The van der Waals surface area contributed by atoms with Crippen LogP contribution in [0.5, 0.6) is 0 Å². The summed E-state index contributed by atoms with van der Waals surface area (Å²) in [6, 6.07) is 61.9. The van der Waals surface area contributed by atoms with Crippen LogP contribution in [0, 0.1) is 0 Å². The van der Waals surface area contributed by atoms with Gasteiger partial charge in [-0.1, -0.05) is 140 Å². The number of hydrogen-bond donors (Lipinski definition) is 1. The van der Waals surface area contributed by atoms with E-state index in [-0.39, 0.29) is 0 Å². The van der Waals surface area contributed by atoms with Crippen LogP contribution in [0.1, 0.15) is 16.7 Å². The van der Waals surface area contributed by atoms with Crippen LogP contribution < -0.4 is 5.73 Å². The second kappa shape index (κ2) is 14.5. The first-order valence-corrected chi connectivity index (χ1v) is 19.9. The highest BCUT2D eigenvalue weighted by molar-refractivity contribution is 7.25. The number of thiophene rings is 1. The van der Waals surface area contributed by atoms with Gasteiger partial charge in [0.2, 0.25) is 0 Å². The summed E-state index contributed by atoms with van der Waals surface area (Å²) in [7, 11) is 0. The van der Waals surface area contributed by atoms with Gasteiger partial charge in [-0.2, -0.15) is 0 Å². The lowest BCUT2D eigenvalue weighted by atomic mass is 9.92. The summed E-state index contributed by atoms with van der Waals surface area (Å²) < 4.78 is 8.70. The van der Waals surface area contributed by atoms with Crippen molar-refractivity contribution in [2.24, 2.45) is 15.7 Å². The molecule has 0 bridgehead atoms. The van der Waals surface area contributed by atoms with E-state index in [1.165, 1.54) is 69.2 Å². The van der Waals surface area contributed by atoms with E-state index in [9.17, 15) is 0 Å². The van der Waals surface area contributed by atoms with Crippen LogP contribution in [0.2, 0.25) is 0 Å². The molecule has 0 aliphatic carbocycles. The minimum Gasteiger partial charge on any atom is -0.456 e. The van der Waals surface area contributed by atoms with Gasteiger partial charge in [-0.25, -0.2) is 0 Å². The van der Waals surface area contributed by atoms with Crippen molar-refractivity contribution in [2.75, 3.05) is 0 Å². The highest BCUT2D eigenvalue weighted by Crippen LogP contribution is 2.39. The van der Waals surface area contributed by atoms with Crippen molar-refractivity contribution < 1.29 is 4.42 Å². The fourth-order valence-corrected chi connectivity index (χ4v) is 9.30. The highest BCUT2D eigenvalue weighted by atomic mass is 32.1. The molecule has 0 spiro atoms. The van der Waals surface area contributed by atoms with Crippen molar-refractivity contribution >= 4 is 98.3 Å². The second-order valence-corrected chi connectivity index (χ2v) is 15.4. The van der Waals surface area contributed by atoms with Gasteiger partial charge < -0.3 is 10.2 Å². The van der Waals surface area contributed by atoms with Crippen molar-refractivity contribution in [1.29, 1.82) is 0 Å². The summed E-state index contributed by atoms with van der Waals surface area (Å²) in [6.07, 6.45) is 0. The van der Waals surface area contributed by atoms with E-state index in [2.05, 4.69) is 162 Å². The van der Waals surface area contributed by atoms with Crippen LogP contribution in [0.3, 0.4) is 0 Å². The molecule has 2 aromatic heterocycles. The normalized spacial score (nSPS) is 11.9. The number of amidine groups is 1. The molecule has 9 aromatic carbocycles. The molecule has 0 unspecified atom stereocenters. The van der Waals surface area contributed by atoms with Gasteiger partial charge in [-0.3, -0.25) is 9.98 Å². The number of nitrogens with zero attached hydrogens (tertiary/aromatic N) is 2. The van der Waals surface area contributed by atoms with E-state index in [1.54, 1.807) is 11.3 Å². The molecule has 0 radical (unpaired) electrons. The van der Waals surface area contributed by atoms with Crippen LogP contribution in [0.15, 0.2) is 190 Å². The Labute approximate surface area is 333 Å². The maximum atomic E-state index is 6.18. The number of benzene rings is 9. The molecule has 5 heteroatoms. The molecule has 4 nitrogen and oxygen atoms in total. The fraction of sp³-hybridized carbons (Fsp3) is 0.0385. The largest absolute Gasteiger partial charge is 0.456 e. The summed E-state index contributed by atoms with van der Waals surface area (Å²) in [6.45, 7) is 4.87. The van der Waals surface area contributed by atoms with E-state index >= 15 is 0 Å². The first kappa shape index (κ1) is 34.4. The van der Waals surface area contributed by atoms with Crippen LogP contribution in [-0.4, -0.2) is 12.6 Å². The lowest BCUT2D eigenvalue weighted by molar-refractivity contribution is 0.668. The number of nitrogens with two attached hydrogens (primary N) is 1. The zero-order valence-electron chi connectivity index (χ0n) is 31.2. The molecule has 57 heavy (non-hydrogen) atoms. The van der Waals surface area contributed by atoms with Gasteiger partial charge in [0, 0.05) is 36.5 Å². The van der Waals surface area contributed by atoms with Gasteiger partial charge >= 0.3 is 0 Å². The predicted molar refractivity (Wildman–Crippen MR) is 245 cm³/mol. The van der Waals surface area contributed by atoms with E-state index in [0.29, 0.717) is 18.9 Å². The third-order valence-corrected chi connectivity index (χ3v) is 12.0. The minimum absolute atomic E-state index is 0.575. The number of aliphatic imine (C=N–C) groups is 2. The highest BCUT2D eigenvalue weighted by Gasteiger charge is 2.14. The number of hydrogen-bond acceptors (Lipinski definition) is 4. The molecule has 2 N–H and O–H groups in total. The van der Waals surface area contributed by atoms with Crippen molar-refractivity contribution in [3.63, 3.8) is 0 Å². The van der Waals surface area contributed by atoms with E-state index in [1.807, 2.05) is 30.3 Å². The van der Waals surface area contributed by atoms with Crippen LogP contribution >= 0.6 is 11.3 Å². The Balaban J connectivity index is 0.000000150. The number of fused-ring (bicyclic) bond motifs is 12. The third kappa shape index (κ3) is 6.28. The molecule has 11 aromatic rings. The Kier molecular flexibility index (Phi) is 8.77. The minimum atomic E-state index is 0.575. The van der Waals surface area contributed by atoms with Gasteiger partial charge in [0.15, 0.2) is 0 Å². The Morgan fingerprint density at radius 3 is 1.82 bits per heavy atom. The molecular weight excluding hydrogens is 715 g/mol. The predicted octanol–water partition coefficient (Wildman–Crippen LogP) is 13.9. The molecule has 272 valence electrons. The van der Waals surface area contributed by atoms with Gasteiger partial charge in [-0.15, -0.1) is 11.3 Å². The summed E-state index contributed by atoms with van der Waals surface area (Å²) in [5.41, 5.74) is 13.6. The Hall–Kier alpha value is -7.08. The lowest BCUT2D eigenvalue weighted by Gasteiger charge is -2.12. The Morgan fingerprint density at radius 1 is 0.491 bits per heavy atom. The van der Waals surface area contributed by atoms with Crippen LogP contribution in [0.4, 0.5) is 0 Å². The monoisotopic (exact) mass is 751 g/mol. The first-order valence-electron chi connectivity index (χ1n) is 19.1. The van der Waals surface area contributed by atoms with Crippen molar-refractivity contribution in [2.45, 2.75) is 13.1 Å². The zero-order chi connectivity index (χ0) is 38.3. The van der Waals surface area contributed by atoms with Gasteiger partial charge in [0.05, 0.1) is 13.1 Å². The average molecular weight is 752 g/mol. The van der Waals surface area contributed by atoms with E-state index in [0.717, 1.165) is 33.1 Å². The topological polar surface area (TPSA) is 63.9 Å². The standard InChI is InChI=1S/C32H21NO.C20H16N2S/c1-33-19-22-7-6-12-31-32(22)29-18-21(14-16-30(29)34-31)20-13-15-27-25-10-3-2-8-23(25)24-9-4-5-11-26(24)28(27)17-20;21-20(22-13-14-6-2-1-3-7-14)15-10-11-17-16-8-4-5-9-18(16)23-19(17)12-15/h2-18H,1,19H2;1-12H,13H2,(H2,21,22). The molecule has 0 atom stereocenters. The van der Waals surface area contributed by atoms with Crippen molar-refractivity contribution in [3.8, 4) is 11.1 Å². The molecule has 0 fully saturated rings. The summed E-state index contributed by atoms with van der Waals surface area (Å²) in [4.78, 5) is 8.64. The summed E-state index contributed by atoms with van der Waals surface area (Å²) in [5, 5.41) is 12.6. The first-order chi connectivity index (χ1) is 28.1. The summed E-state index contributed by atoms with van der Waals surface area (Å²) >= 11 is 1.80. The van der Waals surface area contributed by atoms with Gasteiger partial charge in [-0.05, 0) is 97.7 Å². The molecule has 0 saturated heterocycles. The lowest BCUT2D eigenvalue weighted by Crippen LogP contribution is -2.13. The second-order valence-electron chi connectivity index (χ2n) is 14.3. The van der Waals surface area contributed by atoms with Gasteiger partial charge in [0.25, 0.3) is 0 Å². The number of furan rings is 1. The quantitative estimate of drug-likeness (QED) is 0.104. The molecule has 0 aliphatic heterocycles. The number of rotatable bonds is 6. The van der Waals surface area contributed by atoms with E-state index < -0.39 is 0 Å². The smallest absolute Gasteiger partial charge is 0.135 e. The molecule has 2 heterocycles. The Morgan fingerprint density at radius 2 is 1.09 bits per heavy atom. The SMILES string of the molecule is C=NCc1cccc2oc3ccc(-c4ccc5c6ccccc6c6ccccc6c5c4)cc3c12.NC(=NCc1ccccc1)c1ccc2c(c1)sc1ccccc12. The van der Waals surface area contributed by atoms with Gasteiger partial charge in [0.1, 0.15) is 17.0 Å². The zero-order valence-corrected chi connectivity index (χ0v) is 32.0. The Bertz CT molecular complexity index is 3300. The molecular formula is C52H37N3OS. The van der Waals surface area contributed by atoms with Crippen LogP contribution in [0.25, 0.3) is 85.6 Å². The van der Waals surface area contributed by atoms with Crippen molar-refractivity contribution in [3.05, 3.63) is 193 Å².